The molecule has 1 aliphatic heterocycles. The minimum absolute atomic E-state index is 0.000511. The number of esters is 2. The molecule has 0 spiro atoms. The van der Waals surface area contributed by atoms with Crippen molar-refractivity contribution >= 4 is 40.7 Å². The standard InChI is InChI=1S/C19H22N4O6S/c1-4-29-18(25)16-13(9-21-19(20)30)22-10(2)14(17(24)28-3)15(16)11-6-5-7-12(8-11)23(26)27/h5-8,14-15H,4,9H2,1-3H3,(H3,20,21,30). The Hall–Kier alpha value is -3.34. The van der Waals surface area contributed by atoms with E-state index in [2.05, 4.69) is 10.3 Å². The number of benzene rings is 1. The van der Waals surface area contributed by atoms with Gasteiger partial charge < -0.3 is 20.5 Å². The van der Waals surface area contributed by atoms with Crippen molar-refractivity contribution in [3.8, 4) is 0 Å². The first-order valence-electron chi connectivity index (χ1n) is 9.02. The second-order valence-electron chi connectivity index (χ2n) is 6.38. The highest BCUT2D eigenvalue weighted by molar-refractivity contribution is 7.80. The van der Waals surface area contributed by atoms with Gasteiger partial charge in [-0.3, -0.25) is 19.9 Å². The maximum Gasteiger partial charge on any atom is 0.336 e. The zero-order valence-corrected chi connectivity index (χ0v) is 17.5. The van der Waals surface area contributed by atoms with E-state index < -0.39 is 28.7 Å². The molecule has 0 radical (unpaired) electrons. The van der Waals surface area contributed by atoms with E-state index in [-0.39, 0.29) is 35.2 Å². The third-order valence-electron chi connectivity index (χ3n) is 4.54. The molecule has 0 saturated carbocycles. The smallest absolute Gasteiger partial charge is 0.336 e. The van der Waals surface area contributed by atoms with Crippen LogP contribution in [-0.2, 0) is 19.1 Å². The molecule has 1 heterocycles. The highest BCUT2D eigenvalue weighted by Gasteiger charge is 2.43. The Kier molecular flexibility index (Phi) is 7.59. The normalized spacial score (nSPS) is 18.3. The van der Waals surface area contributed by atoms with Crippen molar-refractivity contribution in [2.75, 3.05) is 20.3 Å². The molecule has 2 atom stereocenters. The Morgan fingerprint density at radius 1 is 1.40 bits per heavy atom. The van der Waals surface area contributed by atoms with Crippen molar-refractivity contribution in [3.63, 3.8) is 0 Å². The van der Waals surface area contributed by atoms with E-state index in [1.165, 1.54) is 25.3 Å². The van der Waals surface area contributed by atoms with Gasteiger partial charge in [0, 0.05) is 23.8 Å². The molecule has 1 aliphatic rings. The van der Waals surface area contributed by atoms with Crippen LogP contribution in [0.1, 0.15) is 25.3 Å². The van der Waals surface area contributed by atoms with Crippen LogP contribution in [0.15, 0.2) is 40.5 Å². The number of nitro groups is 1. The van der Waals surface area contributed by atoms with Gasteiger partial charge in [-0.25, -0.2) is 4.79 Å². The lowest BCUT2D eigenvalue weighted by molar-refractivity contribution is -0.384. The Labute approximate surface area is 178 Å². The van der Waals surface area contributed by atoms with Gasteiger partial charge in [0.15, 0.2) is 5.11 Å². The van der Waals surface area contributed by atoms with Crippen LogP contribution >= 0.6 is 12.2 Å². The molecule has 1 aromatic rings. The highest BCUT2D eigenvalue weighted by Crippen LogP contribution is 2.40. The Morgan fingerprint density at radius 3 is 2.67 bits per heavy atom. The molecule has 0 aromatic heterocycles. The van der Waals surface area contributed by atoms with Gasteiger partial charge in [0.25, 0.3) is 5.69 Å². The number of non-ortho nitro benzene ring substituents is 1. The molecule has 1 aromatic carbocycles. The van der Waals surface area contributed by atoms with Gasteiger partial charge in [-0.1, -0.05) is 12.1 Å². The molecule has 30 heavy (non-hydrogen) atoms. The number of aliphatic imine (C=N–C) groups is 1. The van der Waals surface area contributed by atoms with E-state index in [0.29, 0.717) is 11.3 Å². The van der Waals surface area contributed by atoms with Crippen molar-refractivity contribution in [2.45, 2.75) is 19.8 Å². The predicted molar refractivity (Wildman–Crippen MR) is 113 cm³/mol. The number of carbonyl (C=O) groups is 2. The summed E-state index contributed by atoms with van der Waals surface area (Å²) in [6, 6.07) is 5.73. The van der Waals surface area contributed by atoms with Gasteiger partial charge in [-0.15, -0.1) is 0 Å². The molecule has 10 nitrogen and oxygen atoms in total. The predicted octanol–water partition coefficient (Wildman–Crippen LogP) is 1.59. The van der Waals surface area contributed by atoms with E-state index in [0.717, 1.165) is 0 Å². The average molecular weight is 434 g/mol. The zero-order chi connectivity index (χ0) is 22.4. The highest BCUT2D eigenvalue weighted by atomic mass is 32.1. The lowest BCUT2D eigenvalue weighted by Crippen LogP contribution is -2.39. The first kappa shape index (κ1) is 22.9. The summed E-state index contributed by atoms with van der Waals surface area (Å²) in [5.74, 6) is -3.20. The maximum absolute atomic E-state index is 12.9. The summed E-state index contributed by atoms with van der Waals surface area (Å²) in [5, 5.41) is 14.0. The van der Waals surface area contributed by atoms with E-state index in [9.17, 15) is 19.7 Å². The molecule has 0 amide bonds. The number of methoxy groups -OCH3 is 1. The number of nitrogens with zero attached hydrogens (tertiary/aromatic N) is 2. The van der Waals surface area contributed by atoms with Crippen LogP contribution in [0.4, 0.5) is 5.69 Å². The Bertz CT molecular complexity index is 943. The number of thiocarbonyl (C=S) groups is 1. The number of rotatable bonds is 7. The number of hydrogen-bond donors (Lipinski definition) is 2. The summed E-state index contributed by atoms with van der Waals surface area (Å²) in [5.41, 5.74) is 6.44. The second kappa shape index (κ2) is 9.92. The lowest BCUT2D eigenvalue weighted by Gasteiger charge is -2.32. The maximum atomic E-state index is 12.9. The summed E-state index contributed by atoms with van der Waals surface area (Å²) >= 11 is 4.83. The molecule has 2 unspecified atom stereocenters. The van der Waals surface area contributed by atoms with Crippen LogP contribution in [0.5, 0.6) is 0 Å². The van der Waals surface area contributed by atoms with E-state index >= 15 is 0 Å². The van der Waals surface area contributed by atoms with Crippen LogP contribution in [0.25, 0.3) is 0 Å². The van der Waals surface area contributed by atoms with Crippen molar-refractivity contribution in [2.24, 2.45) is 16.6 Å². The first-order valence-corrected chi connectivity index (χ1v) is 9.42. The topological polar surface area (TPSA) is 146 Å². The average Bonchev–Trinajstić information content (AvgIpc) is 2.71. The molecule has 2 rings (SSSR count). The third-order valence-corrected chi connectivity index (χ3v) is 4.68. The Balaban J connectivity index is 2.75. The number of carbonyl (C=O) groups excluding carboxylic acids is 2. The summed E-state index contributed by atoms with van der Waals surface area (Å²) in [6.07, 6.45) is 0. The van der Waals surface area contributed by atoms with Gasteiger partial charge in [0.2, 0.25) is 0 Å². The van der Waals surface area contributed by atoms with E-state index in [1.807, 2.05) is 0 Å². The number of ether oxygens (including phenoxy) is 2. The molecular weight excluding hydrogens is 412 g/mol. The SMILES string of the molecule is CCOC(=O)C1=C(CNC(N)=S)N=C(C)C(C(=O)OC)C1c1cccc([N+](=O)[O-])c1. The molecule has 0 saturated heterocycles. The minimum Gasteiger partial charge on any atom is -0.468 e. The van der Waals surface area contributed by atoms with Crippen LogP contribution in [0.3, 0.4) is 0 Å². The minimum atomic E-state index is -0.968. The van der Waals surface area contributed by atoms with Crippen LogP contribution in [0.2, 0.25) is 0 Å². The number of nitro benzene ring substituents is 1. The van der Waals surface area contributed by atoms with Crippen molar-refractivity contribution in [1.29, 1.82) is 0 Å². The van der Waals surface area contributed by atoms with Gasteiger partial charge in [-0.05, 0) is 31.6 Å². The van der Waals surface area contributed by atoms with Gasteiger partial charge in [-0.2, -0.15) is 0 Å². The largest absolute Gasteiger partial charge is 0.468 e. The zero-order valence-electron chi connectivity index (χ0n) is 16.7. The van der Waals surface area contributed by atoms with Crippen LogP contribution < -0.4 is 11.1 Å². The summed E-state index contributed by atoms with van der Waals surface area (Å²) in [6.45, 7) is 3.36. The van der Waals surface area contributed by atoms with E-state index in [1.54, 1.807) is 19.9 Å². The lowest BCUT2D eigenvalue weighted by atomic mass is 9.75. The van der Waals surface area contributed by atoms with Crippen LogP contribution in [0, 0.1) is 16.0 Å². The third kappa shape index (κ3) is 4.98. The molecule has 3 N–H and O–H groups in total. The molecule has 160 valence electrons. The van der Waals surface area contributed by atoms with Crippen LogP contribution in [-0.4, -0.2) is 47.9 Å². The fraction of sp³-hybridized carbons (Fsp3) is 0.368. The van der Waals surface area contributed by atoms with Gasteiger partial charge in [0.05, 0.1) is 36.5 Å². The van der Waals surface area contributed by atoms with Crippen molar-refractivity contribution in [3.05, 3.63) is 51.2 Å². The second-order valence-corrected chi connectivity index (χ2v) is 6.82. The monoisotopic (exact) mass is 434 g/mol. The first-order chi connectivity index (χ1) is 14.2. The molecule has 0 fully saturated rings. The Morgan fingerprint density at radius 2 is 2.10 bits per heavy atom. The molecule has 0 bridgehead atoms. The number of nitrogens with one attached hydrogen (secondary N) is 1. The number of hydrogen-bond acceptors (Lipinski definition) is 8. The molecular formula is C19H22N4O6S. The quantitative estimate of drug-likeness (QED) is 0.283. The van der Waals surface area contributed by atoms with E-state index in [4.69, 9.17) is 27.4 Å². The van der Waals surface area contributed by atoms with Gasteiger partial charge >= 0.3 is 11.9 Å². The molecule has 0 aliphatic carbocycles. The van der Waals surface area contributed by atoms with Crippen molar-refractivity contribution in [1.82, 2.24) is 5.32 Å². The van der Waals surface area contributed by atoms with Crippen molar-refractivity contribution < 1.29 is 24.0 Å². The number of nitrogens with two attached hydrogens (primary N) is 1. The summed E-state index contributed by atoms with van der Waals surface area (Å²) in [7, 11) is 1.22. The van der Waals surface area contributed by atoms with Gasteiger partial charge in [0.1, 0.15) is 5.92 Å². The summed E-state index contributed by atoms with van der Waals surface area (Å²) in [4.78, 5) is 40.6. The summed E-state index contributed by atoms with van der Waals surface area (Å²) < 4.78 is 10.1. The molecule has 11 heteroatoms. The fourth-order valence-corrected chi connectivity index (χ4v) is 3.39. The fourth-order valence-electron chi connectivity index (χ4n) is 3.31.